The van der Waals surface area contributed by atoms with Gasteiger partial charge in [0.05, 0.1) is 12.3 Å². The number of hydrogen-bond donors (Lipinski definition) is 0. The van der Waals surface area contributed by atoms with Crippen LogP contribution in [0.15, 0.2) is 36.5 Å². The maximum Gasteiger partial charge on any atom is 0.136 e. The number of rotatable bonds is 16. The Morgan fingerprint density at radius 2 is 1.49 bits per heavy atom. The van der Waals surface area contributed by atoms with Crippen molar-refractivity contribution in [2.75, 3.05) is 6.61 Å². The molecule has 0 spiro atoms. The van der Waals surface area contributed by atoms with E-state index in [4.69, 9.17) is 4.74 Å². The third-order valence-corrected chi connectivity index (χ3v) is 7.80. The van der Waals surface area contributed by atoms with Gasteiger partial charge in [-0.25, -0.2) is 4.39 Å². The second-order valence-electron chi connectivity index (χ2n) is 10.7. The van der Waals surface area contributed by atoms with Gasteiger partial charge in [0.25, 0.3) is 0 Å². The van der Waals surface area contributed by atoms with E-state index >= 15 is 0 Å². The van der Waals surface area contributed by atoms with Crippen LogP contribution in [0.2, 0.25) is 0 Å². The lowest BCUT2D eigenvalue weighted by Gasteiger charge is -2.28. The van der Waals surface area contributed by atoms with Gasteiger partial charge in [0.15, 0.2) is 0 Å². The predicted molar refractivity (Wildman–Crippen MR) is 147 cm³/mol. The van der Waals surface area contributed by atoms with Crippen molar-refractivity contribution in [3.8, 4) is 17.0 Å². The highest BCUT2D eigenvalue weighted by Gasteiger charge is 2.22. The second-order valence-corrected chi connectivity index (χ2v) is 10.7. The SMILES string of the molecule is CCCCCCCCC[C@H]1CC[C@H](c2ccc(-c3ccc(OCCCCCC)cc3F)nc2)CC1. The lowest BCUT2D eigenvalue weighted by Crippen LogP contribution is -2.13. The largest absolute Gasteiger partial charge is 0.493 e. The molecule has 3 heteroatoms. The van der Waals surface area contributed by atoms with Gasteiger partial charge < -0.3 is 4.74 Å². The molecule has 2 aromatic rings. The van der Waals surface area contributed by atoms with Gasteiger partial charge in [-0.15, -0.1) is 0 Å². The summed E-state index contributed by atoms with van der Waals surface area (Å²) in [5, 5.41) is 0. The molecule has 0 atom stereocenters. The summed E-state index contributed by atoms with van der Waals surface area (Å²) < 4.78 is 20.5. The van der Waals surface area contributed by atoms with Crippen molar-refractivity contribution in [3.63, 3.8) is 0 Å². The molecule has 1 saturated carbocycles. The molecule has 0 amide bonds. The van der Waals surface area contributed by atoms with Gasteiger partial charge in [0.1, 0.15) is 11.6 Å². The monoisotopic (exact) mass is 481 g/mol. The fourth-order valence-electron chi connectivity index (χ4n) is 5.49. The number of pyridine rings is 1. The van der Waals surface area contributed by atoms with Gasteiger partial charge in [-0.2, -0.15) is 0 Å². The fourth-order valence-corrected chi connectivity index (χ4v) is 5.49. The number of unbranched alkanes of at least 4 members (excludes halogenated alkanes) is 9. The zero-order chi connectivity index (χ0) is 24.7. The zero-order valence-corrected chi connectivity index (χ0v) is 22.4. The maximum absolute atomic E-state index is 14.7. The van der Waals surface area contributed by atoms with Crippen LogP contribution < -0.4 is 4.74 Å². The second kappa shape index (κ2) is 16.0. The Morgan fingerprint density at radius 3 is 2.14 bits per heavy atom. The molecular weight excluding hydrogens is 433 g/mol. The number of halogens is 1. The zero-order valence-electron chi connectivity index (χ0n) is 22.4. The highest BCUT2D eigenvalue weighted by molar-refractivity contribution is 5.61. The van der Waals surface area contributed by atoms with Crippen molar-refractivity contribution in [2.24, 2.45) is 5.92 Å². The molecule has 0 radical (unpaired) electrons. The number of nitrogens with zero attached hydrogens (tertiary/aromatic N) is 1. The summed E-state index contributed by atoms with van der Waals surface area (Å²) in [4.78, 5) is 4.64. The number of ether oxygens (including phenoxy) is 1. The molecule has 3 rings (SSSR count). The van der Waals surface area contributed by atoms with E-state index in [9.17, 15) is 4.39 Å². The Hall–Kier alpha value is -1.90. The molecule has 1 aliphatic rings. The molecule has 0 bridgehead atoms. The van der Waals surface area contributed by atoms with Crippen molar-refractivity contribution < 1.29 is 9.13 Å². The quantitative estimate of drug-likeness (QED) is 0.222. The molecule has 0 saturated heterocycles. The molecule has 1 heterocycles. The Balaban J connectivity index is 1.41. The first-order valence-electron chi connectivity index (χ1n) is 14.6. The minimum absolute atomic E-state index is 0.262. The number of aromatic nitrogens is 1. The summed E-state index contributed by atoms with van der Waals surface area (Å²) in [6.45, 7) is 5.12. The summed E-state index contributed by atoms with van der Waals surface area (Å²) in [6.07, 6.45) is 23.0. The van der Waals surface area contributed by atoms with Crippen LogP contribution in [-0.4, -0.2) is 11.6 Å². The van der Waals surface area contributed by atoms with Crippen molar-refractivity contribution >= 4 is 0 Å². The van der Waals surface area contributed by atoms with E-state index in [0.717, 1.165) is 18.8 Å². The van der Waals surface area contributed by atoms with E-state index in [1.165, 1.54) is 102 Å². The van der Waals surface area contributed by atoms with Crippen LogP contribution in [0.3, 0.4) is 0 Å². The van der Waals surface area contributed by atoms with Crippen molar-refractivity contribution in [2.45, 2.75) is 122 Å². The van der Waals surface area contributed by atoms with Gasteiger partial charge in [0, 0.05) is 17.8 Å². The van der Waals surface area contributed by atoms with E-state index in [2.05, 4.69) is 24.9 Å². The molecule has 0 N–H and O–H groups in total. The lowest BCUT2D eigenvalue weighted by atomic mass is 9.77. The Bertz CT molecular complexity index is 826. The van der Waals surface area contributed by atoms with Gasteiger partial charge in [-0.3, -0.25) is 4.98 Å². The Kier molecular flexibility index (Phi) is 12.6. The highest BCUT2D eigenvalue weighted by Crippen LogP contribution is 2.38. The standard InChI is InChI=1S/C32H48FNO/c1-3-5-7-9-10-11-12-14-26-15-17-27(18-16-26)28-19-22-32(34-25-28)30-21-20-29(24-31(30)33)35-23-13-8-6-4-2/h19-22,24-27H,3-18,23H2,1-2H3/t26-,27-. The summed E-state index contributed by atoms with van der Waals surface area (Å²) >= 11 is 0. The topological polar surface area (TPSA) is 22.1 Å². The first-order valence-corrected chi connectivity index (χ1v) is 14.6. The molecule has 194 valence electrons. The third kappa shape index (κ3) is 9.58. The highest BCUT2D eigenvalue weighted by atomic mass is 19.1. The average molecular weight is 482 g/mol. The average Bonchev–Trinajstić information content (AvgIpc) is 2.89. The van der Waals surface area contributed by atoms with Crippen LogP contribution in [0.5, 0.6) is 5.75 Å². The smallest absolute Gasteiger partial charge is 0.136 e. The van der Waals surface area contributed by atoms with E-state index in [-0.39, 0.29) is 5.82 Å². The predicted octanol–water partition coefficient (Wildman–Crippen LogP) is 10.3. The van der Waals surface area contributed by atoms with Crippen molar-refractivity contribution in [1.82, 2.24) is 4.98 Å². The van der Waals surface area contributed by atoms with Crippen LogP contribution in [0.1, 0.15) is 128 Å². The molecule has 1 aromatic heterocycles. The minimum Gasteiger partial charge on any atom is -0.493 e. The molecular formula is C32H48FNO. The first-order chi connectivity index (χ1) is 17.2. The van der Waals surface area contributed by atoms with Crippen LogP contribution in [0, 0.1) is 11.7 Å². The molecule has 2 nitrogen and oxygen atoms in total. The van der Waals surface area contributed by atoms with Gasteiger partial charge in [0.2, 0.25) is 0 Å². The fraction of sp³-hybridized carbons (Fsp3) is 0.656. The third-order valence-electron chi connectivity index (χ3n) is 7.80. The van der Waals surface area contributed by atoms with Crippen molar-refractivity contribution in [1.29, 1.82) is 0 Å². The molecule has 35 heavy (non-hydrogen) atoms. The first kappa shape index (κ1) is 27.7. The normalized spacial score (nSPS) is 18.0. The van der Waals surface area contributed by atoms with E-state index < -0.39 is 0 Å². The molecule has 0 aliphatic heterocycles. The molecule has 0 unspecified atom stereocenters. The molecule has 1 aliphatic carbocycles. The maximum atomic E-state index is 14.7. The van der Waals surface area contributed by atoms with E-state index in [1.807, 2.05) is 18.3 Å². The van der Waals surface area contributed by atoms with Crippen LogP contribution in [0.4, 0.5) is 4.39 Å². The van der Waals surface area contributed by atoms with Gasteiger partial charge in [-0.1, -0.05) is 90.5 Å². The number of hydrogen-bond acceptors (Lipinski definition) is 2. The van der Waals surface area contributed by atoms with Crippen LogP contribution in [-0.2, 0) is 0 Å². The number of benzene rings is 1. The van der Waals surface area contributed by atoms with Gasteiger partial charge in [-0.05, 0) is 67.7 Å². The Labute approximate surface area is 214 Å². The van der Waals surface area contributed by atoms with E-state index in [1.54, 1.807) is 6.07 Å². The molecule has 1 aromatic carbocycles. The van der Waals surface area contributed by atoms with Gasteiger partial charge >= 0.3 is 0 Å². The van der Waals surface area contributed by atoms with Crippen LogP contribution in [0.25, 0.3) is 11.3 Å². The van der Waals surface area contributed by atoms with E-state index in [0.29, 0.717) is 29.5 Å². The lowest BCUT2D eigenvalue weighted by molar-refractivity contribution is 0.301. The minimum atomic E-state index is -0.262. The van der Waals surface area contributed by atoms with Crippen LogP contribution >= 0.6 is 0 Å². The van der Waals surface area contributed by atoms with Crippen molar-refractivity contribution in [3.05, 3.63) is 47.9 Å². The summed E-state index contributed by atoms with van der Waals surface area (Å²) in [5.41, 5.74) is 2.57. The molecule has 1 fully saturated rings. The summed E-state index contributed by atoms with van der Waals surface area (Å²) in [5.74, 6) is 1.86. The Morgan fingerprint density at radius 1 is 0.800 bits per heavy atom. The summed E-state index contributed by atoms with van der Waals surface area (Å²) in [6, 6.07) is 9.32. The summed E-state index contributed by atoms with van der Waals surface area (Å²) in [7, 11) is 0.